The first-order chi connectivity index (χ1) is 11.6. The molecule has 0 radical (unpaired) electrons. The van der Waals surface area contributed by atoms with Crippen molar-refractivity contribution in [3.05, 3.63) is 64.9 Å². The third kappa shape index (κ3) is 3.72. The predicted molar refractivity (Wildman–Crippen MR) is 94.0 cm³/mol. The van der Waals surface area contributed by atoms with Crippen molar-refractivity contribution in [1.29, 1.82) is 0 Å². The van der Waals surface area contributed by atoms with Crippen molar-refractivity contribution in [3.63, 3.8) is 0 Å². The summed E-state index contributed by atoms with van der Waals surface area (Å²) >= 11 is 1.30. The molecule has 0 aliphatic carbocycles. The summed E-state index contributed by atoms with van der Waals surface area (Å²) in [5.74, 6) is -0.176. The number of ether oxygens (including phenoxy) is 1. The number of amides is 2. The number of carbonyl (C=O) groups is 2. The van der Waals surface area contributed by atoms with E-state index in [1.165, 1.54) is 11.3 Å². The Hall–Kier alpha value is -2.86. The Morgan fingerprint density at radius 1 is 1.00 bits per heavy atom. The van der Waals surface area contributed by atoms with E-state index >= 15 is 0 Å². The van der Waals surface area contributed by atoms with Gasteiger partial charge in [0.25, 0.3) is 11.8 Å². The quantitative estimate of drug-likeness (QED) is 0.717. The van der Waals surface area contributed by atoms with Gasteiger partial charge in [-0.3, -0.25) is 20.4 Å². The van der Waals surface area contributed by atoms with Gasteiger partial charge in [0, 0.05) is 0 Å². The minimum Gasteiger partial charge on any atom is -0.481 e. The van der Waals surface area contributed by atoms with Crippen LogP contribution >= 0.6 is 11.3 Å². The predicted octanol–water partition coefficient (Wildman–Crippen LogP) is 3.13. The van der Waals surface area contributed by atoms with Gasteiger partial charge in [-0.15, -0.1) is 11.3 Å². The summed E-state index contributed by atoms with van der Waals surface area (Å²) < 4.78 is 5.65. The van der Waals surface area contributed by atoms with Gasteiger partial charge in [-0.05, 0) is 41.3 Å². The standard InChI is InChI=1S/C18H16N2O3S/c1-12(17(21)19-20-18(22)16-7-4-10-24-16)23-15-9-8-13-5-2-3-6-14(13)11-15/h2-12H,1H3,(H,19,21)(H,20,22)/t12-/m0/s1. The molecule has 0 aliphatic heterocycles. The summed E-state index contributed by atoms with van der Waals surface area (Å²) in [5.41, 5.74) is 4.74. The zero-order valence-corrected chi connectivity index (χ0v) is 13.8. The van der Waals surface area contributed by atoms with Crippen LogP contribution in [0.2, 0.25) is 0 Å². The first-order valence-corrected chi connectivity index (χ1v) is 8.30. The highest BCUT2D eigenvalue weighted by Gasteiger charge is 2.16. The Labute approximate surface area is 143 Å². The number of rotatable bonds is 4. The van der Waals surface area contributed by atoms with E-state index in [2.05, 4.69) is 10.9 Å². The van der Waals surface area contributed by atoms with Crippen molar-refractivity contribution in [3.8, 4) is 5.75 Å². The molecule has 0 spiro atoms. The van der Waals surface area contributed by atoms with Gasteiger partial charge in [-0.2, -0.15) is 0 Å². The van der Waals surface area contributed by atoms with E-state index < -0.39 is 12.0 Å². The van der Waals surface area contributed by atoms with Gasteiger partial charge in [-0.1, -0.05) is 36.4 Å². The lowest BCUT2D eigenvalue weighted by molar-refractivity contribution is -0.128. The van der Waals surface area contributed by atoms with Crippen molar-refractivity contribution in [1.82, 2.24) is 10.9 Å². The highest BCUT2D eigenvalue weighted by Crippen LogP contribution is 2.21. The maximum atomic E-state index is 12.0. The van der Waals surface area contributed by atoms with Gasteiger partial charge in [0.05, 0.1) is 4.88 Å². The number of nitrogens with one attached hydrogen (secondary N) is 2. The molecule has 0 bridgehead atoms. The maximum Gasteiger partial charge on any atom is 0.279 e. The molecule has 0 saturated heterocycles. The van der Waals surface area contributed by atoms with Gasteiger partial charge >= 0.3 is 0 Å². The van der Waals surface area contributed by atoms with Gasteiger partial charge in [0.2, 0.25) is 0 Å². The molecule has 1 heterocycles. The normalized spacial score (nSPS) is 11.7. The van der Waals surface area contributed by atoms with Crippen LogP contribution in [0.1, 0.15) is 16.6 Å². The van der Waals surface area contributed by atoms with Gasteiger partial charge in [-0.25, -0.2) is 0 Å². The topological polar surface area (TPSA) is 67.4 Å². The minimum absolute atomic E-state index is 0.351. The molecule has 0 saturated carbocycles. The van der Waals surface area contributed by atoms with Crippen molar-refractivity contribution in [2.75, 3.05) is 0 Å². The minimum atomic E-state index is -0.741. The SMILES string of the molecule is C[C@H](Oc1ccc2ccccc2c1)C(=O)NNC(=O)c1cccs1. The summed E-state index contributed by atoms with van der Waals surface area (Å²) in [7, 11) is 0. The maximum absolute atomic E-state index is 12.0. The van der Waals surface area contributed by atoms with Crippen molar-refractivity contribution in [2.24, 2.45) is 0 Å². The first-order valence-electron chi connectivity index (χ1n) is 7.42. The van der Waals surface area contributed by atoms with E-state index in [1.807, 2.05) is 42.5 Å². The molecule has 5 nitrogen and oxygen atoms in total. The van der Waals surface area contributed by atoms with Crippen LogP contribution in [-0.4, -0.2) is 17.9 Å². The van der Waals surface area contributed by atoms with E-state index in [0.29, 0.717) is 10.6 Å². The molecule has 3 rings (SSSR count). The molecule has 0 unspecified atom stereocenters. The highest BCUT2D eigenvalue weighted by atomic mass is 32.1. The van der Waals surface area contributed by atoms with E-state index in [0.717, 1.165) is 10.8 Å². The van der Waals surface area contributed by atoms with E-state index in [4.69, 9.17) is 4.74 Å². The Kier molecular flexibility index (Phi) is 4.77. The van der Waals surface area contributed by atoms with Crippen LogP contribution in [0.3, 0.4) is 0 Å². The second kappa shape index (κ2) is 7.14. The number of thiophene rings is 1. The molecular weight excluding hydrogens is 324 g/mol. The summed E-state index contributed by atoms with van der Waals surface area (Å²) in [4.78, 5) is 24.3. The van der Waals surface area contributed by atoms with Crippen molar-refractivity contribution >= 4 is 33.9 Å². The average molecular weight is 340 g/mol. The zero-order chi connectivity index (χ0) is 16.9. The summed E-state index contributed by atoms with van der Waals surface area (Å²) in [6.07, 6.45) is -0.741. The molecule has 0 aliphatic rings. The lowest BCUT2D eigenvalue weighted by Gasteiger charge is -2.15. The molecule has 6 heteroatoms. The second-order valence-electron chi connectivity index (χ2n) is 5.19. The zero-order valence-electron chi connectivity index (χ0n) is 13.0. The van der Waals surface area contributed by atoms with Gasteiger partial charge in [0.15, 0.2) is 6.10 Å². The van der Waals surface area contributed by atoms with Crippen LogP contribution in [0.25, 0.3) is 10.8 Å². The molecule has 3 aromatic rings. The van der Waals surface area contributed by atoms with Crippen LogP contribution in [0.4, 0.5) is 0 Å². The van der Waals surface area contributed by atoms with Crippen LogP contribution in [0, 0.1) is 0 Å². The summed E-state index contributed by atoms with van der Waals surface area (Å²) in [6.45, 7) is 1.63. The molecular formula is C18H16N2O3S. The fourth-order valence-electron chi connectivity index (χ4n) is 2.19. The highest BCUT2D eigenvalue weighted by molar-refractivity contribution is 7.12. The third-order valence-corrected chi connectivity index (χ3v) is 4.32. The molecule has 1 aromatic heterocycles. The summed E-state index contributed by atoms with van der Waals surface area (Å²) in [5, 5.41) is 3.93. The number of benzene rings is 2. The lowest BCUT2D eigenvalue weighted by Crippen LogP contribution is -2.47. The number of hydrogen-bond donors (Lipinski definition) is 2. The summed E-state index contributed by atoms with van der Waals surface area (Å²) in [6, 6.07) is 17.0. The Morgan fingerprint density at radius 2 is 1.79 bits per heavy atom. The lowest BCUT2D eigenvalue weighted by atomic mass is 10.1. The fourth-order valence-corrected chi connectivity index (χ4v) is 2.81. The van der Waals surface area contributed by atoms with Crippen LogP contribution in [0.5, 0.6) is 5.75 Å². The molecule has 2 aromatic carbocycles. The Bertz CT molecular complexity index is 862. The largest absolute Gasteiger partial charge is 0.481 e. The average Bonchev–Trinajstić information content (AvgIpc) is 3.14. The smallest absolute Gasteiger partial charge is 0.279 e. The molecule has 2 N–H and O–H groups in total. The Balaban J connectivity index is 1.57. The van der Waals surface area contributed by atoms with Gasteiger partial charge < -0.3 is 4.74 Å². The molecule has 1 atom stereocenters. The number of hydrogen-bond acceptors (Lipinski definition) is 4. The van der Waals surface area contributed by atoms with E-state index in [1.54, 1.807) is 24.4 Å². The number of carbonyl (C=O) groups excluding carboxylic acids is 2. The van der Waals surface area contributed by atoms with Crippen LogP contribution < -0.4 is 15.6 Å². The van der Waals surface area contributed by atoms with E-state index in [-0.39, 0.29) is 5.91 Å². The fraction of sp³-hybridized carbons (Fsp3) is 0.111. The molecule has 2 amide bonds. The molecule has 24 heavy (non-hydrogen) atoms. The van der Waals surface area contributed by atoms with Crippen LogP contribution in [-0.2, 0) is 4.79 Å². The van der Waals surface area contributed by atoms with Crippen molar-refractivity contribution < 1.29 is 14.3 Å². The van der Waals surface area contributed by atoms with Gasteiger partial charge in [0.1, 0.15) is 5.75 Å². The number of hydrazine groups is 1. The monoisotopic (exact) mass is 340 g/mol. The van der Waals surface area contributed by atoms with Crippen molar-refractivity contribution in [2.45, 2.75) is 13.0 Å². The third-order valence-electron chi connectivity index (χ3n) is 3.45. The van der Waals surface area contributed by atoms with Crippen LogP contribution in [0.15, 0.2) is 60.0 Å². The molecule has 122 valence electrons. The Morgan fingerprint density at radius 3 is 2.54 bits per heavy atom. The van der Waals surface area contributed by atoms with E-state index in [9.17, 15) is 9.59 Å². The number of fused-ring (bicyclic) bond motifs is 1. The first kappa shape index (κ1) is 16.0. The molecule has 0 fully saturated rings. The second-order valence-corrected chi connectivity index (χ2v) is 6.14.